The minimum absolute atomic E-state index is 0.0932. The highest BCUT2D eigenvalue weighted by atomic mass is 35.5. The number of hydrogen-bond acceptors (Lipinski definition) is 3. The van der Waals surface area contributed by atoms with Gasteiger partial charge in [0.25, 0.3) is 0 Å². The summed E-state index contributed by atoms with van der Waals surface area (Å²) in [5.74, 6) is 0.733. The Morgan fingerprint density at radius 1 is 1.55 bits per heavy atom. The van der Waals surface area contributed by atoms with Crippen molar-refractivity contribution >= 4 is 17.5 Å². The van der Waals surface area contributed by atoms with Crippen LogP contribution in [0.5, 0.6) is 5.75 Å². The van der Waals surface area contributed by atoms with Crippen molar-refractivity contribution in [3.05, 3.63) is 28.8 Å². The summed E-state index contributed by atoms with van der Waals surface area (Å²) in [7, 11) is 1.58. The molecule has 1 fully saturated rings. The molecule has 1 atom stereocenters. The number of benzene rings is 1. The number of amides is 1. The summed E-state index contributed by atoms with van der Waals surface area (Å²) >= 11 is 6.06. The Bertz CT molecular complexity index is 478. The van der Waals surface area contributed by atoms with Gasteiger partial charge in [-0.1, -0.05) is 17.7 Å². The number of nitrogens with zero attached hydrogens (tertiary/aromatic N) is 1. The van der Waals surface area contributed by atoms with Crippen LogP contribution in [0.2, 0.25) is 5.02 Å². The van der Waals surface area contributed by atoms with E-state index in [1.54, 1.807) is 12.0 Å². The van der Waals surface area contributed by atoms with Crippen LogP contribution in [0.25, 0.3) is 0 Å². The summed E-state index contributed by atoms with van der Waals surface area (Å²) in [6, 6.07) is 5.56. The van der Waals surface area contributed by atoms with Crippen molar-refractivity contribution in [3.63, 3.8) is 0 Å². The SMILES string of the molecule is COc1ccc(CCC(=O)N2CCC[C@H](O)C2)cc1Cl. The maximum Gasteiger partial charge on any atom is 0.222 e. The van der Waals surface area contributed by atoms with Crippen LogP contribution >= 0.6 is 11.6 Å². The van der Waals surface area contributed by atoms with Crippen LogP contribution in [0.1, 0.15) is 24.8 Å². The molecule has 0 bridgehead atoms. The molecular formula is C15H20ClNO3. The average molecular weight is 298 g/mol. The Morgan fingerprint density at radius 3 is 3.00 bits per heavy atom. The van der Waals surface area contributed by atoms with Gasteiger partial charge in [-0.3, -0.25) is 4.79 Å². The van der Waals surface area contributed by atoms with Crippen LogP contribution in [0.15, 0.2) is 18.2 Å². The molecule has 0 saturated carbocycles. The molecule has 20 heavy (non-hydrogen) atoms. The monoisotopic (exact) mass is 297 g/mol. The van der Waals surface area contributed by atoms with Gasteiger partial charge in [-0.05, 0) is 37.0 Å². The van der Waals surface area contributed by atoms with E-state index in [0.717, 1.165) is 24.9 Å². The van der Waals surface area contributed by atoms with Gasteiger partial charge < -0.3 is 14.7 Å². The van der Waals surface area contributed by atoms with Gasteiger partial charge in [0.05, 0.1) is 18.2 Å². The second kappa shape index (κ2) is 6.95. The first kappa shape index (κ1) is 15.1. The molecule has 1 N–H and O–H groups in total. The molecule has 1 amide bonds. The molecule has 1 aromatic carbocycles. The largest absolute Gasteiger partial charge is 0.495 e. The second-order valence-corrected chi connectivity index (χ2v) is 5.51. The third-order valence-electron chi connectivity index (χ3n) is 3.59. The van der Waals surface area contributed by atoms with E-state index in [2.05, 4.69) is 0 Å². The number of ether oxygens (including phenoxy) is 1. The number of rotatable bonds is 4. The molecular weight excluding hydrogens is 278 g/mol. The lowest BCUT2D eigenvalue weighted by atomic mass is 10.1. The second-order valence-electron chi connectivity index (χ2n) is 5.10. The number of halogens is 1. The molecule has 0 aromatic heterocycles. The van der Waals surface area contributed by atoms with Gasteiger partial charge in [0.15, 0.2) is 0 Å². The zero-order valence-corrected chi connectivity index (χ0v) is 12.4. The van der Waals surface area contributed by atoms with E-state index in [9.17, 15) is 9.90 Å². The predicted molar refractivity (Wildman–Crippen MR) is 78.1 cm³/mol. The first-order chi connectivity index (χ1) is 9.60. The molecule has 1 heterocycles. The van der Waals surface area contributed by atoms with Crippen molar-refractivity contribution in [2.24, 2.45) is 0 Å². The highest BCUT2D eigenvalue weighted by Gasteiger charge is 2.21. The highest BCUT2D eigenvalue weighted by molar-refractivity contribution is 6.32. The van der Waals surface area contributed by atoms with Gasteiger partial charge in [0, 0.05) is 19.5 Å². The molecule has 0 radical (unpaired) electrons. The van der Waals surface area contributed by atoms with Gasteiger partial charge >= 0.3 is 0 Å². The molecule has 2 rings (SSSR count). The van der Waals surface area contributed by atoms with Crippen molar-refractivity contribution in [3.8, 4) is 5.75 Å². The molecule has 5 heteroatoms. The van der Waals surface area contributed by atoms with E-state index in [1.165, 1.54) is 0 Å². The smallest absolute Gasteiger partial charge is 0.222 e. The van der Waals surface area contributed by atoms with Crippen LogP contribution in [0.3, 0.4) is 0 Å². The Hall–Kier alpha value is -1.26. The van der Waals surface area contributed by atoms with Gasteiger partial charge in [-0.25, -0.2) is 0 Å². The Kier molecular flexibility index (Phi) is 5.26. The Balaban J connectivity index is 1.88. The van der Waals surface area contributed by atoms with Gasteiger partial charge in [0.2, 0.25) is 5.91 Å². The third-order valence-corrected chi connectivity index (χ3v) is 3.89. The fourth-order valence-corrected chi connectivity index (χ4v) is 2.74. The van der Waals surface area contributed by atoms with E-state index in [-0.39, 0.29) is 12.0 Å². The van der Waals surface area contributed by atoms with Gasteiger partial charge in [-0.15, -0.1) is 0 Å². The van der Waals surface area contributed by atoms with E-state index >= 15 is 0 Å². The number of aliphatic hydroxyl groups excluding tert-OH is 1. The Labute approximate surface area is 124 Å². The van der Waals surface area contributed by atoms with E-state index in [0.29, 0.717) is 30.2 Å². The van der Waals surface area contributed by atoms with E-state index in [4.69, 9.17) is 16.3 Å². The van der Waals surface area contributed by atoms with Gasteiger partial charge in [-0.2, -0.15) is 0 Å². The Morgan fingerprint density at radius 2 is 2.35 bits per heavy atom. The molecule has 110 valence electrons. The van der Waals surface area contributed by atoms with Crippen molar-refractivity contribution < 1.29 is 14.6 Å². The summed E-state index contributed by atoms with van der Waals surface area (Å²) in [4.78, 5) is 13.8. The molecule has 0 aliphatic carbocycles. The predicted octanol–water partition coefficient (Wildman–Crippen LogP) is 2.26. The summed E-state index contributed by atoms with van der Waals surface area (Å²) < 4.78 is 5.10. The standard InChI is InChI=1S/C15H20ClNO3/c1-20-14-6-4-11(9-13(14)16)5-7-15(19)17-8-2-3-12(18)10-17/h4,6,9,12,18H,2-3,5,7-8,10H2,1H3/t12-/m0/s1. The van der Waals surface area contributed by atoms with Crippen LogP contribution < -0.4 is 4.74 Å². The maximum absolute atomic E-state index is 12.1. The number of aliphatic hydroxyl groups is 1. The number of piperidine rings is 1. The van der Waals surface area contributed by atoms with Crippen molar-refractivity contribution in [2.45, 2.75) is 31.8 Å². The molecule has 4 nitrogen and oxygen atoms in total. The number of carbonyl (C=O) groups is 1. The summed E-state index contributed by atoms with van der Waals surface area (Å²) in [5, 5.41) is 10.1. The lowest BCUT2D eigenvalue weighted by molar-refractivity contribution is -0.134. The fraction of sp³-hybridized carbons (Fsp3) is 0.533. The van der Waals surface area contributed by atoms with Crippen molar-refractivity contribution in [2.75, 3.05) is 20.2 Å². The lowest BCUT2D eigenvalue weighted by Gasteiger charge is -2.30. The van der Waals surface area contributed by atoms with Crippen molar-refractivity contribution in [1.29, 1.82) is 0 Å². The van der Waals surface area contributed by atoms with Crippen LogP contribution in [-0.4, -0.2) is 42.2 Å². The number of aryl methyl sites for hydroxylation is 1. The van der Waals surface area contributed by atoms with Crippen LogP contribution in [0.4, 0.5) is 0 Å². The fourth-order valence-electron chi connectivity index (χ4n) is 2.46. The highest BCUT2D eigenvalue weighted by Crippen LogP contribution is 2.25. The number of methoxy groups -OCH3 is 1. The summed E-state index contributed by atoms with van der Waals surface area (Å²) in [5.41, 5.74) is 1.02. The average Bonchev–Trinajstić information content (AvgIpc) is 2.45. The summed E-state index contributed by atoms with van der Waals surface area (Å²) in [6.45, 7) is 1.21. The first-order valence-electron chi connectivity index (χ1n) is 6.88. The van der Waals surface area contributed by atoms with E-state index < -0.39 is 0 Å². The third kappa shape index (κ3) is 3.87. The normalized spacial score (nSPS) is 18.9. The van der Waals surface area contributed by atoms with Crippen LogP contribution in [0, 0.1) is 0 Å². The summed E-state index contributed by atoms with van der Waals surface area (Å²) in [6.07, 6.45) is 2.38. The molecule has 1 saturated heterocycles. The molecule has 1 aliphatic rings. The number of β-amino-alcohol motifs (C(OH)–C–C–N with tert-alkyl or cyclic N) is 1. The maximum atomic E-state index is 12.1. The van der Waals surface area contributed by atoms with Crippen molar-refractivity contribution in [1.82, 2.24) is 4.90 Å². The molecule has 0 spiro atoms. The first-order valence-corrected chi connectivity index (χ1v) is 7.26. The topological polar surface area (TPSA) is 49.8 Å². The number of likely N-dealkylation sites (tertiary alicyclic amines) is 1. The minimum Gasteiger partial charge on any atom is -0.495 e. The molecule has 1 aromatic rings. The van der Waals surface area contributed by atoms with Gasteiger partial charge in [0.1, 0.15) is 5.75 Å². The molecule has 0 unspecified atom stereocenters. The minimum atomic E-state index is -0.372. The van der Waals surface area contributed by atoms with E-state index in [1.807, 2.05) is 18.2 Å². The zero-order chi connectivity index (χ0) is 14.5. The number of hydrogen-bond donors (Lipinski definition) is 1. The lowest BCUT2D eigenvalue weighted by Crippen LogP contribution is -2.42. The molecule has 1 aliphatic heterocycles. The number of carbonyl (C=O) groups excluding carboxylic acids is 1. The quantitative estimate of drug-likeness (QED) is 0.927. The van der Waals surface area contributed by atoms with Crippen LogP contribution in [-0.2, 0) is 11.2 Å². The zero-order valence-electron chi connectivity index (χ0n) is 11.6.